The van der Waals surface area contributed by atoms with Crippen molar-refractivity contribution >= 4 is 34.8 Å². The van der Waals surface area contributed by atoms with E-state index in [1.807, 2.05) is 0 Å². The summed E-state index contributed by atoms with van der Waals surface area (Å²) in [5.74, 6) is -0.567. The maximum atomic E-state index is 12.4. The Kier molecular flexibility index (Phi) is 7.40. The van der Waals surface area contributed by atoms with Gasteiger partial charge in [0.2, 0.25) is 5.88 Å². The van der Waals surface area contributed by atoms with E-state index >= 15 is 0 Å². The summed E-state index contributed by atoms with van der Waals surface area (Å²) in [6, 6.07) is 2.81. The number of nitrogens with one attached hydrogen (secondary N) is 2. The number of thiazole rings is 1. The molecule has 0 bridgehead atoms. The lowest BCUT2D eigenvalue weighted by Gasteiger charge is -2.20. The van der Waals surface area contributed by atoms with Crippen molar-refractivity contribution in [3.63, 3.8) is 0 Å². The van der Waals surface area contributed by atoms with Crippen molar-refractivity contribution in [3.05, 3.63) is 35.0 Å². The molecule has 0 aliphatic carbocycles. The third kappa shape index (κ3) is 6.05. The number of aromatic nitrogens is 2. The molecule has 1 amide bonds. The Balaban J connectivity index is 0.00000261. The number of hydrogen-bond acceptors (Lipinski definition) is 6. The highest BCUT2D eigenvalue weighted by atomic mass is 35.5. The average Bonchev–Trinajstić information content (AvgIpc) is 3.09. The van der Waals surface area contributed by atoms with Crippen LogP contribution in [0.4, 0.5) is 18.3 Å². The van der Waals surface area contributed by atoms with Gasteiger partial charge in [-0.25, -0.2) is 9.97 Å². The molecule has 2 N–H and O–H groups in total. The van der Waals surface area contributed by atoms with E-state index in [2.05, 4.69) is 25.3 Å². The van der Waals surface area contributed by atoms with Crippen LogP contribution in [0.1, 0.15) is 34.0 Å². The zero-order valence-electron chi connectivity index (χ0n) is 14.1. The SMILES string of the molecule is Cl.O=C(Nc1ncc(C2CCNCC2)s1)c1cccnc1OCC(F)(F)F. The van der Waals surface area contributed by atoms with Gasteiger partial charge in [-0.2, -0.15) is 13.2 Å². The van der Waals surface area contributed by atoms with Crippen LogP contribution in [-0.4, -0.2) is 41.7 Å². The average molecular weight is 423 g/mol. The fraction of sp³-hybridized carbons (Fsp3) is 0.438. The lowest BCUT2D eigenvalue weighted by molar-refractivity contribution is -0.154. The number of ether oxygens (including phenoxy) is 1. The molecule has 0 unspecified atom stereocenters. The standard InChI is InChI=1S/C16H17F3N4O2S.ClH/c17-16(18,19)9-25-14-11(2-1-5-21-14)13(24)23-15-22-8-12(26-15)10-3-6-20-7-4-10;/h1-2,5,8,10,20H,3-4,6-7,9H2,(H,22,23,24);1H. The van der Waals surface area contributed by atoms with E-state index in [9.17, 15) is 18.0 Å². The molecule has 0 aromatic carbocycles. The molecule has 0 atom stereocenters. The molecule has 2 aromatic rings. The fourth-order valence-electron chi connectivity index (χ4n) is 2.63. The Morgan fingerprint density at radius 2 is 2.07 bits per heavy atom. The number of anilines is 1. The van der Waals surface area contributed by atoms with Crippen LogP contribution in [-0.2, 0) is 0 Å². The molecule has 0 spiro atoms. The number of carbonyl (C=O) groups excluding carboxylic acids is 1. The zero-order chi connectivity index (χ0) is 18.6. The van der Waals surface area contributed by atoms with Crippen molar-refractivity contribution in [3.8, 4) is 5.88 Å². The van der Waals surface area contributed by atoms with Gasteiger partial charge in [0.1, 0.15) is 5.56 Å². The van der Waals surface area contributed by atoms with Crippen molar-refractivity contribution in [1.82, 2.24) is 15.3 Å². The topological polar surface area (TPSA) is 76.1 Å². The second kappa shape index (κ2) is 9.34. The monoisotopic (exact) mass is 422 g/mol. The van der Waals surface area contributed by atoms with Gasteiger partial charge in [-0.1, -0.05) is 0 Å². The maximum Gasteiger partial charge on any atom is 0.422 e. The summed E-state index contributed by atoms with van der Waals surface area (Å²) < 4.78 is 41.6. The molecule has 1 fully saturated rings. The number of alkyl halides is 3. The molecule has 0 saturated carbocycles. The van der Waals surface area contributed by atoms with Gasteiger partial charge >= 0.3 is 6.18 Å². The van der Waals surface area contributed by atoms with E-state index in [0.717, 1.165) is 30.8 Å². The van der Waals surface area contributed by atoms with Crippen LogP contribution in [0, 0.1) is 0 Å². The van der Waals surface area contributed by atoms with Gasteiger partial charge in [0, 0.05) is 17.3 Å². The van der Waals surface area contributed by atoms with Crippen LogP contribution in [0.25, 0.3) is 0 Å². The van der Waals surface area contributed by atoms with E-state index in [0.29, 0.717) is 11.0 Å². The van der Waals surface area contributed by atoms with E-state index in [4.69, 9.17) is 0 Å². The summed E-state index contributed by atoms with van der Waals surface area (Å²) in [7, 11) is 0. The van der Waals surface area contributed by atoms with Gasteiger partial charge in [0.05, 0.1) is 0 Å². The van der Waals surface area contributed by atoms with E-state index in [1.54, 1.807) is 6.20 Å². The Morgan fingerprint density at radius 1 is 1.33 bits per heavy atom. The van der Waals surface area contributed by atoms with Crippen LogP contribution >= 0.6 is 23.7 Å². The number of amides is 1. The minimum absolute atomic E-state index is 0. The smallest absolute Gasteiger partial charge is 0.422 e. The fourth-order valence-corrected chi connectivity index (χ4v) is 3.61. The summed E-state index contributed by atoms with van der Waals surface area (Å²) in [6.45, 7) is 0.376. The Hall–Kier alpha value is -1.91. The highest BCUT2D eigenvalue weighted by Gasteiger charge is 2.29. The van der Waals surface area contributed by atoms with Crippen molar-refractivity contribution in [2.45, 2.75) is 24.9 Å². The largest absolute Gasteiger partial charge is 0.467 e. The molecule has 1 saturated heterocycles. The highest BCUT2D eigenvalue weighted by Crippen LogP contribution is 2.32. The molecular weight excluding hydrogens is 405 g/mol. The van der Waals surface area contributed by atoms with E-state index < -0.39 is 18.7 Å². The molecule has 11 heteroatoms. The number of piperidine rings is 1. The van der Waals surface area contributed by atoms with Gasteiger partial charge in [-0.3, -0.25) is 10.1 Å². The first-order valence-electron chi connectivity index (χ1n) is 8.05. The van der Waals surface area contributed by atoms with Crippen LogP contribution in [0.5, 0.6) is 5.88 Å². The van der Waals surface area contributed by atoms with Gasteiger partial charge in [-0.05, 0) is 44.0 Å². The molecule has 3 rings (SSSR count). The minimum Gasteiger partial charge on any atom is -0.467 e. The van der Waals surface area contributed by atoms with Crippen LogP contribution in [0.15, 0.2) is 24.5 Å². The predicted octanol–water partition coefficient (Wildman–Crippen LogP) is 3.62. The van der Waals surface area contributed by atoms with Gasteiger partial charge in [0.15, 0.2) is 11.7 Å². The molecular formula is C16H18ClF3N4O2S. The molecule has 6 nitrogen and oxygen atoms in total. The number of nitrogens with zero attached hydrogens (tertiary/aromatic N) is 2. The first-order chi connectivity index (χ1) is 12.4. The summed E-state index contributed by atoms with van der Waals surface area (Å²) in [5.41, 5.74) is -0.0737. The third-order valence-electron chi connectivity index (χ3n) is 3.87. The van der Waals surface area contributed by atoms with Crippen molar-refractivity contribution in [2.24, 2.45) is 0 Å². The summed E-state index contributed by atoms with van der Waals surface area (Å²) >= 11 is 1.37. The number of carbonyl (C=O) groups is 1. The molecule has 1 aliphatic rings. The molecule has 0 radical (unpaired) electrons. The third-order valence-corrected chi connectivity index (χ3v) is 4.95. The second-order valence-corrected chi connectivity index (χ2v) is 6.87. The second-order valence-electron chi connectivity index (χ2n) is 5.81. The van der Waals surface area contributed by atoms with Gasteiger partial charge < -0.3 is 10.1 Å². The van der Waals surface area contributed by atoms with Crippen LogP contribution in [0.2, 0.25) is 0 Å². The maximum absolute atomic E-state index is 12.4. The number of pyridine rings is 1. The minimum atomic E-state index is -4.51. The Labute approximate surface area is 164 Å². The van der Waals surface area contributed by atoms with Gasteiger partial charge in [-0.15, -0.1) is 23.7 Å². The lowest BCUT2D eigenvalue weighted by atomic mass is 9.97. The Morgan fingerprint density at radius 3 is 2.78 bits per heavy atom. The Bertz CT molecular complexity index is 766. The molecule has 1 aliphatic heterocycles. The molecule has 148 valence electrons. The normalized spacial score (nSPS) is 15.1. The van der Waals surface area contributed by atoms with Crippen molar-refractivity contribution in [2.75, 3.05) is 25.0 Å². The molecule has 27 heavy (non-hydrogen) atoms. The van der Waals surface area contributed by atoms with E-state index in [-0.39, 0.29) is 23.9 Å². The van der Waals surface area contributed by atoms with E-state index in [1.165, 1.54) is 29.7 Å². The molecule has 3 heterocycles. The molecule has 2 aromatic heterocycles. The number of halogens is 4. The van der Waals surface area contributed by atoms with Crippen molar-refractivity contribution < 1.29 is 22.7 Å². The number of hydrogen-bond donors (Lipinski definition) is 2. The zero-order valence-corrected chi connectivity index (χ0v) is 15.7. The van der Waals surface area contributed by atoms with Crippen LogP contribution in [0.3, 0.4) is 0 Å². The summed E-state index contributed by atoms with van der Waals surface area (Å²) in [5, 5.41) is 6.29. The first kappa shape index (κ1) is 21.4. The van der Waals surface area contributed by atoms with Gasteiger partial charge in [0.25, 0.3) is 5.91 Å². The van der Waals surface area contributed by atoms with Crippen LogP contribution < -0.4 is 15.4 Å². The number of rotatable bonds is 5. The quantitative estimate of drug-likeness (QED) is 0.769. The highest BCUT2D eigenvalue weighted by molar-refractivity contribution is 7.15. The summed E-state index contributed by atoms with van der Waals surface area (Å²) in [6.07, 6.45) is 0.507. The summed E-state index contributed by atoms with van der Waals surface area (Å²) in [4.78, 5) is 21.4. The first-order valence-corrected chi connectivity index (χ1v) is 8.86. The predicted molar refractivity (Wildman–Crippen MR) is 97.9 cm³/mol. The lowest BCUT2D eigenvalue weighted by Crippen LogP contribution is -2.26. The van der Waals surface area contributed by atoms with Crippen molar-refractivity contribution in [1.29, 1.82) is 0 Å².